The van der Waals surface area contributed by atoms with E-state index in [1.165, 1.54) is 12.1 Å². The van der Waals surface area contributed by atoms with E-state index in [1.54, 1.807) is 37.3 Å². The van der Waals surface area contributed by atoms with Crippen molar-refractivity contribution in [2.75, 3.05) is 5.73 Å². The van der Waals surface area contributed by atoms with Gasteiger partial charge in [0.2, 0.25) is 5.91 Å². The zero-order valence-electron chi connectivity index (χ0n) is 11.8. The molecular weight excluding hydrogens is 267 g/mol. The SMILES string of the molecule is Cc1ccc(CNC(=O)/C=C/c2cccc(N)c2)cc1F. The van der Waals surface area contributed by atoms with Gasteiger partial charge < -0.3 is 11.1 Å². The predicted octanol–water partition coefficient (Wildman–Crippen LogP) is 3.05. The summed E-state index contributed by atoms with van der Waals surface area (Å²) in [4.78, 5) is 11.7. The number of carbonyl (C=O) groups excluding carboxylic acids is 1. The number of rotatable bonds is 4. The molecule has 3 nitrogen and oxygen atoms in total. The lowest BCUT2D eigenvalue weighted by Gasteiger charge is -2.04. The third-order valence-corrected chi connectivity index (χ3v) is 3.04. The summed E-state index contributed by atoms with van der Waals surface area (Å²) in [5, 5.41) is 2.71. The minimum absolute atomic E-state index is 0.238. The van der Waals surface area contributed by atoms with E-state index in [2.05, 4.69) is 5.32 Å². The first-order valence-electron chi connectivity index (χ1n) is 6.61. The summed E-state index contributed by atoms with van der Waals surface area (Å²) >= 11 is 0. The number of carbonyl (C=O) groups is 1. The highest BCUT2D eigenvalue weighted by molar-refractivity contribution is 5.91. The van der Waals surface area contributed by atoms with Crippen molar-refractivity contribution in [3.63, 3.8) is 0 Å². The maximum Gasteiger partial charge on any atom is 0.244 e. The lowest BCUT2D eigenvalue weighted by molar-refractivity contribution is -0.116. The van der Waals surface area contributed by atoms with Crippen molar-refractivity contribution in [1.29, 1.82) is 0 Å². The number of aryl methyl sites for hydroxylation is 1. The fourth-order valence-corrected chi connectivity index (χ4v) is 1.83. The number of anilines is 1. The fraction of sp³-hybridized carbons (Fsp3) is 0.118. The number of nitrogen functional groups attached to an aromatic ring is 1. The Bertz CT molecular complexity index is 680. The standard InChI is InChI=1S/C17H17FN2O/c1-12-5-6-14(10-16(12)18)11-20-17(21)8-7-13-3-2-4-15(19)9-13/h2-10H,11,19H2,1H3,(H,20,21)/b8-7+. The van der Waals surface area contributed by atoms with Crippen LogP contribution in [0, 0.1) is 12.7 Å². The molecule has 108 valence electrons. The van der Waals surface area contributed by atoms with Crippen LogP contribution in [0.2, 0.25) is 0 Å². The van der Waals surface area contributed by atoms with Gasteiger partial charge >= 0.3 is 0 Å². The lowest BCUT2D eigenvalue weighted by atomic mass is 10.1. The van der Waals surface area contributed by atoms with Gasteiger partial charge in [0, 0.05) is 18.3 Å². The molecule has 0 radical (unpaired) electrons. The van der Waals surface area contributed by atoms with Crippen LogP contribution in [-0.4, -0.2) is 5.91 Å². The van der Waals surface area contributed by atoms with Gasteiger partial charge in [-0.25, -0.2) is 4.39 Å². The van der Waals surface area contributed by atoms with Gasteiger partial charge in [0.25, 0.3) is 0 Å². The molecule has 4 heteroatoms. The van der Waals surface area contributed by atoms with Gasteiger partial charge in [-0.3, -0.25) is 4.79 Å². The van der Waals surface area contributed by atoms with E-state index in [0.717, 1.165) is 11.1 Å². The number of nitrogens with two attached hydrogens (primary N) is 1. The summed E-state index contributed by atoms with van der Waals surface area (Å²) in [7, 11) is 0. The Morgan fingerprint density at radius 3 is 2.81 bits per heavy atom. The molecule has 0 spiro atoms. The normalized spacial score (nSPS) is 10.8. The monoisotopic (exact) mass is 284 g/mol. The molecule has 0 aliphatic rings. The van der Waals surface area contributed by atoms with Crippen molar-refractivity contribution in [2.45, 2.75) is 13.5 Å². The van der Waals surface area contributed by atoms with Gasteiger partial charge in [-0.15, -0.1) is 0 Å². The Labute approximate surface area is 123 Å². The Morgan fingerprint density at radius 1 is 1.29 bits per heavy atom. The summed E-state index contributed by atoms with van der Waals surface area (Å²) in [6, 6.07) is 12.1. The topological polar surface area (TPSA) is 55.1 Å². The first-order valence-corrected chi connectivity index (χ1v) is 6.61. The maximum absolute atomic E-state index is 13.4. The smallest absolute Gasteiger partial charge is 0.244 e. The molecule has 0 aliphatic heterocycles. The van der Waals surface area contributed by atoms with Crippen LogP contribution in [0.4, 0.5) is 10.1 Å². The van der Waals surface area contributed by atoms with Gasteiger partial charge in [-0.2, -0.15) is 0 Å². The van der Waals surface area contributed by atoms with Gasteiger partial charge in [-0.05, 0) is 47.9 Å². The van der Waals surface area contributed by atoms with E-state index < -0.39 is 0 Å². The van der Waals surface area contributed by atoms with Crippen LogP contribution in [0.25, 0.3) is 6.08 Å². The van der Waals surface area contributed by atoms with E-state index in [0.29, 0.717) is 11.3 Å². The van der Waals surface area contributed by atoms with Crippen molar-refractivity contribution >= 4 is 17.7 Å². The van der Waals surface area contributed by atoms with Crippen LogP contribution < -0.4 is 11.1 Å². The van der Waals surface area contributed by atoms with Crippen molar-refractivity contribution < 1.29 is 9.18 Å². The third-order valence-electron chi connectivity index (χ3n) is 3.04. The average Bonchev–Trinajstić information content (AvgIpc) is 2.46. The molecule has 0 unspecified atom stereocenters. The van der Waals surface area contributed by atoms with Gasteiger partial charge in [0.1, 0.15) is 5.82 Å². The summed E-state index contributed by atoms with van der Waals surface area (Å²) in [5.41, 5.74) is 8.47. The molecule has 0 bridgehead atoms. The average molecular weight is 284 g/mol. The minimum Gasteiger partial charge on any atom is -0.399 e. The molecule has 0 aromatic heterocycles. The van der Waals surface area contributed by atoms with Crippen molar-refractivity contribution in [1.82, 2.24) is 5.32 Å². The zero-order chi connectivity index (χ0) is 15.2. The summed E-state index contributed by atoms with van der Waals surface area (Å²) in [6.07, 6.45) is 3.11. The summed E-state index contributed by atoms with van der Waals surface area (Å²) < 4.78 is 13.4. The first-order chi connectivity index (χ1) is 10.0. The van der Waals surface area contributed by atoms with Crippen LogP contribution in [0.15, 0.2) is 48.5 Å². The van der Waals surface area contributed by atoms with E-state index >= 15 is 0 Å². The zero-order valence-corrected chi connectivity index (χ0v) is 11.8. The number of halogens is 1. The molecule has 2 aromatic rings. The molecule has 2 rings (SSSR count). The molecule has 0 fully saturated rings. The maximum atomic E-state index is 13.4. The predicted molar refractivity (Wildman–Crippen MR) is 82.9 cm³/mol. The molecule has 0 saturated heterocycles. The van der Waals surface area contributed by atoms with Gasteiger partial charge in [-0.1, -0.05) is 24.3 Å². The number of benzene rings is 2. The van der Waals surface area contributed by atoms with E-state index in [-0.39, 0.29) is 18.3 Å². The van der Waals surface area contributed by atoms with Crippen molar-refractivity contribution in [3.05, 3.63) is 71.0 Å². The summed E-state index contributed by atoms with van der Waals surface area (Å²) in [6.45, 7) is 1.99. The molecule has 1 amide bonds. The second-order valence-corrected chi connectivity index (χ2v) is 4.80. The van der Waals surface area contributed by atoms with Crippen molar-refractivity contribution in [2.24, 2.45) is 0 Å². The lowest BCUT2D eigenvalue weighted by Crippen LogP contribution is -2.20. The second kappa shape index (κ2) is 6.70. The van der Waals surface area contributed by atoms with Gasteiger partial charge in [0.15, 0.2) is 0 Å². The van der Waals surface area contributed by atoms with Crippen LogP contribution >= 0.6 is 0 Å². The molecule has 0 saturated carbocycles. The molecule has 21 heavy (non-hydrogen) atoms. The van der Waals surface area contributed by atoms with E-state index in [4.69, 9.17) is 5.73 Å². The molecule has 0 aliphatic carbocycles. The third kappa shape index (κ3) is 4.45. The molecule has 2 aromatic carbocycles. The Balaban J connectivity index is 1.91. The molecular formula is C17H17FN2O. The highest BCUT2D eigenvalue weighted by Gasteiger charge is 2.01. The number of nitrogens with one attached hydrogen (secondary N) is 1. The number of hydrogen-bond donors (Lipinski definition) is 2. The van der Waals surface area contributed by atoms with Crippen LogP contribution in [0.3, 0.4) is 0 Å². The molecule has 0 atom stereocenters. The Hall–Kier alpha value is -2.62. The largest absolute Gasteiger partial charge is 0.399 e. The van der Waals surface area contributed by atoms with Crippen molar-refractivity contribution in [3.8, 4) is 0 Å². The highest BCUT2D eigenvalue weighted by atomic mass is 19.1. The summed E-state index contributed by atoms with van der Waals surface area (Å²) in [5.74, 6) is -0.504. The quantitative estimate of drug-likeness (QED) is 0.669. The minimum atomic E-state index is -0.267. The molecule has 3 N–H and O–H groups in total. The van der Waals surface area contributed by atoms with Gasteiger partial charge in [0.05, 0.1) is 0 Å². The van der Waals surface area contributed by atoms with Crippen LogP contribution in [0.5, 0.6) is 0 Å². The van der Waals surface area contributed by atoms with Crippen LogP contribution in [0.1, 0.15) is 16.7 Å². The number of amides is 1. The first kappa shape index (κ1) is 14.8. The van der Waals surface area contributed by atoms with E-state index in [1.807, 2.05) is 12.1 Å². The highest BCUT2D eigenvalue weighted by Crippen LogP contribution is 2.09. The van der Waals surface area contributed by atoms with Crippen LogP contribution in [-0.2, 0) is 11.3 Å². The number of hydrogen-bond acceptors (Lipinski definition) is 2. The Morgan fingerprint density at radius 2 is 2.10 bits per heavy atom. The fourth-order valence-electron chi connectivity index (χ4n) is 1.83. The second-order valence-electron chi connectivity index (χ2n) is 4.80. The molecule has 0 heterocycles. The van der Waals surface area contributed by atoms with E-state index in [9.17, 15) is 9.18 Å². The Kier molecular flexibility index (Phi) is 4.72.